The van der Waals surface area contributed by atoms with Gasteiger partial charge in [-0.05, 0) is 18.9 Å². The van der Waals surface area contributed by atoms with Crippen LogP contribution in [0.2, 0.25) is 0 Å². The van der Waals surface area contributed by atoms with Crippen LogP contribution in [0, 0.1) is 0 Å². The predicted molar refractivity (Wildman–Crippen MR) is 72.6 cm³/mol. The van der Waals surface area contributed by atoms with Crippen molar-refractivity contribution in [1.82, 2.24) is 0 Å². The molecule has 1 aliphatic carbocycles. The van der Waals surface area contributed by atoms with E-state index in [9.17, 15) is 13.6 Å². The van der Waals surface area contributed by atoms with E-state index in [4.69, 9.17) is 4.74 Å². The van der Waals surface area contributed by atoms with Crippen LogP contribution in [0.25, 0.3) is 0 Å². The molecule has 0 unspecified atom stereocenters. The highest BCUT2D eigenvalue weighted by molar-refractivity contribution is 5.89. The van der Waals surface area contributed by atoms with Crippen molar-refractivity contribution in [2.75, 3.05) is 6.61 Å². The molecule has 4 heteroatoms. The van der Waals surface area contributed by atoms with Gasteiger partial charge in [0.15, 0.2) is 0 Å². The van der Waals surface area contributed by atoms with E-state index in [0.29, 0.717) is 6.42 Å². The van der Waals surface area contributed by atoms with Gasteiger partial charge in [0.2, 0.25) is 0 Å². The maximum Gasteiger partial charge on any atom is 0.334 e. The first-order valence-corrected chi connectivity index (χ1v) is 6.75. The molecule has 1 aliphatic rings. The van der Waals surface area contributed by atoms with Crippen molar-refractivity contribution in [3.05, 3.63) is 47.0 Å². The van der Waals surface area contributed by atoms with Crippen LogP contribution in [-0.2, 0) is 16.0 Å². The lowest BCUT2D eigenvalue weighted by molar-refractivity contribution is -0.140. The first kappa shape index (κ1) is 14.7. The Bertz CT molecular complexity index is 506. The van der Waals surface area contributed by atoms with E-state index in [2.05, 4.69) is 0 Å². The third-order valence-electron chi connectivity index (χ3n) is 3.53. The van der Waals surface area contributed by atoms with Crippen LogP contribution in [-0.4, -0.2) is 18.5 Å². The molecule has 2 rings (SSSR count). The Kier molecular flexibility index (Phi) is 4.53. The summed E-state index contributed by atoms with van der Waals surface area (Å²) in [4.78, 5) is 11.9. The fraction of sp³-hybridized carbons (Fsp3) is 0.438. The van der Waals surface area contributed by atoms with Gasteiger partial charge in [0.25, 0.3) is 5.92 Å². The first-order valence-electron chi connectivity index (χ1n) is 6.75. The lowest BCUT2D eigenvalue weighted by Crippen LogP contribution is -2.26. The summed E-state index contributed by atoms with van der Waals surface area (Å²) in [5.74, 6) is -3.38. The van der Waals surface area contributed by atoms with Crippen LogP contribution in [0.5, 0.6) is 0 Å². The Labute approximate surface area is 117 Å². The molecule has 1 aromatic rings. The van der Waals surface area contributed by atoms with Crippen molar-refractivity contribution < 1.29 is 18.3 Å². The number of benzene rings is 1. The van der Waals surface area contributed by atoms with E-state index >= 15 is 0 Å². The number of carbonyl (C=O) groups excluding carboxylic acids is 1. The molecule has 0 aromatic heterocycles. The third-order valence-corrected chi connectivity index (χ3v) is 3.53. The van der Waals surface area contributed by atoms with Crippen molar-refractivity contribution >= 4 is 5.97 Å². The molecule has 1 aromatic carbocycles. The molecule has 0 fully saturated rings. The first-order chi connectivity index (χ1) is 9.48. The summed E-state index contributed by atoms with van der Waals surface area (Å²) >= 11 is 0. The number of hydrogen-bond donors (Lipinski definition) is 0. The molecule has 20 heavy (non-hydrogen) atoms. The maximum atomic E-state index is 13.3. The molecule has 108 valence electrons. The average molecular weight is 280 g/mol. The van der Waals surface area contributed by atoms with Gasteiger partial charge < -0.3 is 4.74 Å². The van der Waals surface area contributed by atoms with E-state index < -0.39 is 18.3 Å². The van der Waals surface area contributed by atoms with Crippen LogP contribution < -0.4 is 0 Å². The Morgan fingerprint density at radius 3 is 2.70 bits per heavy atom. The Balaban J connectivity index is 1.89. The minimum Gasteiger partial charge on any atom is -0.462 e. The molecule has 0 atom stereocenters. The lowest BCUT2D eigenvalue weighted by atomic mass is 9.90. The summed E-state index contributed by atoms with van der Waals surface area (Å²) in [7, 11) is 0. The van der Waals surface area contributed by atoms with E-state index in [1.165, 1.54) is 0 Å². The summed E-state index contributed by atoms with van der Waals surface area (Å²) < 4.78 is 31.8. The zero-order valence-corrected chi connectivity index (χ0v) is 11.5. The highest BCUT2D eigenvalue weighted by Crippen LogP contribution is 2.36. The highest BCUT2D eigenvalue weighted by atomic mass is 19.3. The van der Waals surface area contributed by atoms with E-state index in [-0.39, 0.29) is 25.0 Å². The van der Waals surface area contributed by atoms with Gasteiger partial charge in [0.1, 0.15) is 0 Å². The number of hydrogen-bond acceptors (Lipinski definition) is 2. The third kappa shape index (κ3) is 3.89. The molecule has 0 aliphatic heterocycles. The molecule has 0 heterocycles. The summed E-state index contributed by atoms with van der Waals surface area (Å²) in [5.41, 5.74) is 1.93. The fourth-order valence-corrected chi connectivity index (χ4v) is 2.26. The van der Waals surface area contributed by atoms with Gasteiger partial charge >= 0.3 is 5.97 Å². The monoisotopic (exact) mass is 280 g/mol. The number of esters is 1. The van der Waals surface area contributed by atoms with Crippen LogP contribution in [0.15, 0.2) is 41.5 Å². The molecule has 0 spiro atoms. The highest BCUT2D eigenvalue weighted by Gasteiger charge is 2.37. The molecule has 0 saturated carbocycles. The van der Waals surface area contributed by atoms with Gasteiger partial charge in [-0.3, -0.25) is 0 Å². The fourth-order valence-electron chi connectivity index (χ4n) is 2.26. The van der Waals surface area contributed by atoms with E-state index in [1.807, 2.05) is 30.3 Å². The van der Waals surface area contributed by atoms with E-state index in [1.54, 1.807) is 6.92 Å². The quantitative estimate of drug-likeness (QED) is 0.782. The second kappa shape index (κ2) is 6.16. The van der Waals surface area contributed by atoms with E-state index in [0.717, 1.165) is 11.1 Å². The molecule has 2 nitrogen and oxygen atoms in total. The standard InChI is InChI=1S/C16H18F2O2/c1-12-7-9-16(17,18)11-14(12)15(19)20-10-8-13-5-3-2-4-6-13/h2-6H,7-11H2,1H3. The number of halogens is 2. The summed E-state index contributed by atoms with van der Waals surface area (Å²) in [6.07, 6.45) is 0.175. The largest absolute Gasteiger partial charge is 0.462 e. The molecule has 0 amide bonds. The van der Waals surface area contributed by atoms with Crippen molar-refractivity contribution in [3.8, 4) is 0 Å². The maximum absolute atomic E-state index is 13.3. The minimum absolute atomic E-state index is 0.148. The van der Waals surface area contributed by atoms with Crippen LogP contribution >= 0.6 is 0 Å². The Morgan fingerprint density at radius 1 is 1.30 bits per heavy atom. The van der Waals surface area contributed by atoms with Crippen molar-refractivity contribution in [1.29, 1.82) is 0 Å². The number of ether oxygens (including phenoxy) is 1. The van der Waals surface area contributed by atoms with Crippen LogP contribution in [0.3, 0.4) is 0 Å². The van der Waals surface area contributed by atoms with Gasteiger partial charge in [-0.2, -0.15) is 0 Å². The summed E-state index contributed by atoms with van der Waals surface area (Å²) in [5, 5.41) is 0. The normalized spacial score (nSPS) is 17.9. The topological polar surface area (TPSA) is 26.3 Å². The summed E-state index contributed by atoms with van der Waals surface area (Å²) in [6.45, 7) is 1.94. The second-order valence-electron chi connectivity index (χ2n) is 5.16. The zero-order chi connectivity index (χ0) is 14.6. The minimum atomic E-state index is -2.78. The molecule has 0 N–H and O–H groups in total. The SMILES string of the molecule is CC1=C(C(=O)OCCc2ccccc2)CC(F)(F)CC1. The van der Waals surface area contributed by atoms with Gasteiger partial charge in [-0.15, -0.1) is 0 Å². The Morgan fingerprint density at radius 2 is 2.00 bits per heavy atom. The second-order valence-corrected chi connectivity index (χ2v) is 5.16. The van der Waals surface area contributed by atoms with Crippen molar-refractivity contribution in [2.45, 2.75) is 38.5 Å². The molecular weight excluding hydrogens is 262 g/mol. The van der Waals surface area contributed by atoms with Crippen molar-refractivity contribution in [2.24, 2.45) is 0 Å². The summed E-state index contributed by atoms with van der Waals surface area (Å²) in [6, 6.07) is 9.60. The van der Waals surface area contributed by atoms with Crippen LogP contribution in [0.1, 0.15) is 31.7 Å². The molecule has 0 saturated heterocycles. The Hall–Kier alpha value is -1.71. The predicted octanol–water partition coefficient (Wildman–Crippen LogP) is 3.91. The smallest absolute Gasteiger partial charge is 0.334 e. The van der Waals surface area contributed by atoms with Gasteiger partial charge in [0, 0.05) is 24.8 Å². The van der Waals surface area contributed by atoms with Crippen molar-refractivity contribution in [3.63, 3.8) is 0 Å². The number of rotatable bonds is 4. The average Bonchev–Trinajstić information content (AvgIpc) is 2.42. The van der Waals surface area contributed by atoms with Gasteiger partial charge in [-0.1, -0.05) is 35.9 Å². The molecule has 0 bridgehead atoms. The molecule has 0 radical (unpaired) electrons. The van der Waals surface area contributed by atoms with Crippen LogP contribution in [0.4, 0.5) is 8.78 Å². The van der Waals surface area contributed by atoms with Gasteiger partial charge in [0.05, 0.1) is 6.61 Å². The number of allylic oxidation sites excluding steroid dienone is 1. The lowest BCUT2D eigenvalue weighted by Gasteiger charge is -2.24. The zero-order valence-electron chi connectivity index (χ0n) is 11.5. The number of alkyl halides is 2. The van der Waals surface area contributed by atoms with Gasteiger partial charge in [-0.25, -0.2) is 13.6 Å². The number of carbonyl (C=O) groups is 1. The molecular formula is C16H18F2O2.